The number of carbonyl (C=O) groups is 2. The van der Waals surface area contributed by atoms with Crippen LogP contribution in [0.2, 0.25) is 0 Å². The number of amides is 1. The van der Waals surface area contributed by atoms with E-state index >= 15 is 0 Å². The minimum absolute atomic E-state index is 0.138. The summed E-state index contributed by atoms with van der Waals surface area (Å²) in [5.74, 6) is 0.906. The minimum Gasteiger partial charge on any atom is -0.493 e. The summed E-state index contributed by atoms with van der Waals surface area (Å²) in [6, 6.07) is 3.80. The highest BCUT2D eigenvalue weighted by Crippen LogP contribution is 2.38. The van der Waals surface area contributed by atoms with Gasteiger partial charge in [0, 0.05) is 50.0 Å². The Morgan fingerprint density at radius 1 is 1.19 bits per heavy atom. The van der Waals surface area contributed by atoms with Crippen molar-refractivity contribution in [3.63, 3.8) is 0 Å². The van der Waals surface area contributed by atoms with Gasteiger partial charge in [-0.25, -0.2) is 0 Å². The van der Waals surface area contributed by atoms with Crippen LogP contribution in [-0.2, 0) is 20.7 Å². The van der Waals surface area contributed by atoms with Crippen LogP contribution in [0.4, 0.5) is 5.69 Å². The molecule has 0 aromatic heterocycles. The third kappa shape index (κ3) is 4.68. The van der Waals surface area contributed by atoms with Crippen molar-refractivity contribution in [3.05, 3.63) is 29.5 Å². The first-order valence-electron chi connectivity index (χ1n) is 8.62. The Morgan fingerprint density at radius 3 is 2.54 bits per heavy atom. The van der Waals surface area contributed by atoms with Gasteiger partial charge in [0.1, 0.15) is 0 Å². The van der Waals surface area contributed by atoms with E-state index in [1.807, 2.05) is 30.3 Å². The summed E-state index contributed by atoms with van der Waals surface area (Å²) in [5.41, 5.74) is 2.62. The Bertz CT molecular complexity index is 699. The number of benzene rings is 1. The third-order valence-corrected chi connectivity index (χ3v) is 4.14. The van der Waals surface area contributed by atoms with Crippen LogP contribution in [0.25, 0.3) is 0 Å². The molecule has 7 heteroatoms. The minimum atomic E-state index is -0.242. The molecule has 1 aliphatic rings. The first-order chi connectivity index (χ1) is 12.5. The van der Waals surface area contributed by atoms with E-state index in [9.17, 15) is 9.59 Å². The van der Waals surface area contributed by atoms with Gasteiger partial charge in [-0.05, 0) is 25.0 Å². The van der Waals surface area contributed by atoms with E-state index < -0.39 is 0 Å². The average molecular weight is 362 g/mol. The summed E-state index contributed by atoms with van der Waals surface area (Å²) in [7, 11) is 5.07. The zero-order chi connectivity index (χ0) is 19.1. The number of hydrogen-bond acceptors (Lipinski definition) is 6. The quantitative estimate of drug-likeness (QED) is 0.563. The molecule has 1 N–H and O–H groups in total. The van der Waals surface area contributed by atoms with Crippen LogP contribution in [0.3, 0.4) is 0 Å². The van der Waals surface area contributed by atoms with Crippen LogP contribution in [0.1, 0.15) is 25.3 Å². The maximum Gasteiger partial charge on any atom is 0.305 e. The second-order valence-electron chi connectivity index (χ2n) is 5.94. The number of hydrogen-bond donors (Lipinski definition) is 1. The Balaban J connectivity index is 1.98. The van der Waals surface area contributed by atoms with E-state index in [1.165, 1.54) is 0 Å². The molecule has 0 radical (unpaired) electrons. The molecule has 0 bridgehead atoms. The average Bonchev–Trinajstić information content (AvgIpc) is 2.64. The number of methoxy groups -OCH3 is 2. The molecule has 1 heterocycles. The lowest BCUT2D eigenvalue weighted by Crippen LogP contribution is -2.30. The highest BCUT2D eigenvalue weighted by molar-refractivity contribution is 5.95. The fourth-order valence-corrected chi connectivity index (χ4v) is 2.85. The van der Waals surface area contributed by atoms with Crippen molar-refractivity contribution in [1.29, 1.82) is 0 Å². The molecule has 26 heavy (non-hydrogen) atoms. The molecular formula is C19H26N2O5. The highest BCUT2D eigenvalue weighted by atomic mass is 16.5. The zero-order valence-electron chi connectivity index (χ0n) is 15.8. The van der Waals surface area contributed by atoms with E-state index in [1.54, 1.807) is 21.1 Å². The SMILES string of the molecule is CCOC(=O)CCCNC(=O)C1=CN(C)c2cc(OC)c(OC)cc2C1. The van der Waals surface area contributed by atoms with E-state index in [4.69, 9.17) is 14.2 Å². The maximum absolute atomic E-state index is 12.4. The van der Waals surface area contributed by atoms with Gasteiger partial charge in [-0.1, -0.05) is 0 Å². The summed E-state index contributed by atoms with van der Waals surface area (Å²) in [5, 5.41) is 2.85. The smallest absolute Gasteiger partial charge is 0.305 e. The van der Waals surface area contributed by atoms with Crippen LogP contribution >= 0.6 is 0 Å². The number of nitrogens with one attached hydrogen (secondary N) is 1. The number of ether oxygens (including phenoxy) is 3. The standard InChI is InChI=1S/C19H26N2O5/c1-5-26-18(22)7-6-8-20-19(23)14-9-13-10-16(24-3)17(25-4)11-15(13)21(2)12-14/h10-12H,5-9H2,1-4H3,(H,20,23). The number of anilines is 1. The van der Waals surface area contributed by atoms with Crippen molar-refractivity contribution in [2.24, 2.45) is 0 Å². The maximum atomic E-state index is 12.4. The Hall–Kier alpha value is -2.70. The van der Waals surface area contributed by atoms with Crippen LogP contribution in [0, 0.1) is 0 Å². The summed E-state index contributed by atoms with van der Waals surface area (Å²) >= 11 is 0. The third-order valence-electron chi connectivity index (χ3n) is 4.14. The van der Waals surface area contributed by atoms with Gasteiger partial charge in [0.15, 0.2) is 11.5 Å². The van der Waals surface area contributed by atoms with Crippen molar-refractivity contribution in [2.45, 2.75) is 26.2 Å². The lowest BCUT2D eigenvalue weighted by Gasteiger charge is -2.27. The van der Waals surface area contributed by atoms with E-state index in [0.29, 0.717) is 49.5 Å². The molecule has 0 fully saturated rings. The van der Waals surface area contributed by atoms with Gasteiger partial charge in [0.05, 0.1) is 20.8 Å². The first-order valence-corrected chi connectivity index (χ1v) is 8.62. The summed E-state index contributed by atoms with van der Waals surface area (Å²) in [6.45, 7) is 2.57. The molecule has 0 saturated heterocycles. The lowest BCUT2D eigenvalue weighted by atomic mass is 9.98. The zero-order valence-corrected chi connectivity index (χ0v) is 15.8. The number of nitrogens with zero attached hydrogens (tertiary/aromatic N) is 1. The molecule has 1 aliphatic heterocycles. The molecule has 1 aromatic rings. The van der Waals surface area contributed by atoms with Gasteiger partial charge in [0.2, 0.25) is 5.91 Å². The van der Waals surface area contributed by atoms with E-state index in [2.05, 4.69) is 5.32 Å². The fraction of sp³-hybridized carbons (Fsp3) is 0.474. The molecule has 7 nitrogen and oxygen atoms in total. The molecule has 1 amide bonds. The summed E-state index contributed by atoms with van der Waals surface area (Å²) in [6.07, 6.45) is 3.17. The number of esters is 1. The summed E-state index contributed by atoms with van der Waals surface area (Å²) < 4.78 is 15.6. The number of carbonyl (C=O) groups excluding carboxylic acids is 2. The Morgan fingerprint density at radius 2 is 1.88 bits per heavy atom. The van der Waals surface area contributed by atoms with Crippen molar-refractivity contribution in [1.82, 2.24) is 5.32 Å². The first kappa shape index (κ1) is 19.6. The number of fused-ring (bicyclic) bond motifs is 1. The Labute approximate surface area is 153 Å². The molecule has 2 rings (SSSR count). The molecule has 142 valence electrons. The van der Waals surface area contributed by atoms with Gasteiger partial charge in [-0.2, -0.15) is 0 Å². The molecular weight excluding hydrogens is 336 g/mol. The van der Waals surface area contributed by atoms with Crippen molar-refractivity contribution in [2.75, 3.05) is 39.3 Å². The Kier molecular flexibility index (Phi) is 6.89. The van der Waals surface area contributed by atoms with Crippen molar-refractivity contribution in [3.8, 4) is 11.5 Å². The second kappa shape index (κ2) is 9.12. The lowest BCUT2D eigenvalue weighted by molar-refractivity contribution is -0.143. The predicted octanol–water partition coefficient (Wildman–Crippen LogP) is 2.04. The molecule has 0 unspecified atom stereocenters. The second-order valence-corrected chi connectivity index (χ2v) is 5.94. The number of rotatable bonds is 8. The largest absolute Gasteiger partial charge is 0.493 e. The van der Waals surface area contributed by atoms with Crippen LogP contribution in [-0.4, -0.2) is 46.3 Å². The molecule has 1 aromatic carbocycles. The van der Waals surface area contributed by atoms with Crippen molar-refractivity contribution >= 4 is 17.6 Å². The normalized spacial score (nSPS) is 12.8. The van der Waals surface area contributed by atoms with Crippen LogP contribution in [0.5, 0.6) is 11.5 Å². The van der Waals surface area contributed by atoms with Gasteiger partial charge in [0.25, 0.3) is 0 Å². The van der Waals surface area contributed by atoms with Gasteiger partial charge in [-0.15, -0.1) is 0 Å². The van der Waals surface area contributed by atoms with Crippen LogP contribution < -0.4 is 19.7 Å². The molecule has 0 aliphatic carbocycles. The van der Waals surface area contributed by atoms with E-state index in [0.717, 1.165) is 11.3 Å². The van der Waals surface area contributed by atoms with Gasteiger partial charge >= 0.3 is 5.97 Å². The predicted molar refractivity (Wildman–Crippen MR) is 98.6 cm³/mol. The fourth-order valence-electron chi connectivity index (χ4n) is 2.85. The van der Waals surface area contributed by atoms with Crippen LogP contribution in [0.15, 0.2) is 23.9 Å². The molecule has 0 saturated carbocycles. The topological polar surface area (TPSA) is 77.1 Å². The van der Waals surface area contributed by atoms with E-state index in [-0.39, 0.29) is 11.9 Å². The van der Waals surface area contributed by atoms with Gasteiger partial charge < -0.3 is 24.4 Å². The molecule has 0 atom stereocenters. The highest BCUT2D eigenvalue weighted by Gasteiger charge is 2.22. The molecule has 0 spiro atoms. The monoisotopic (exact) mass is 362 g/mol. The van der Waals surface area contributed by atoms with Gasteiger partial charge in [-0.3, -0.25) is 9.59 Å². The van der Waals surface area contributed by atoms with Crippen molar-refractivity contribution < 1.29 is 23.8 Å². The summed E-state index contributed by atoms with van der Waals surface area (Å²) in [4.78, 5) is 25.6.